The highest BCUT2D eigenvalue weighted by atomic mass is 19.1. The summed E-state index contributed by atoms with van der Waals surface area (Å²) in [6.45, 7) is 1.86. The van der Waals surface area contributed by atoms with Crippen LogP contribution >= 0.6 is 0 Å². The molecule has 27 heavy (non-hydrogen) atoms. The van der Waals surface area contributed by atoms with E-state index in [4.69, 9.17) is 4.74 Å². The van der Waals surface area contributed by atoms with E-state index in [0.29, 0.717) is 43.2 Å². The molecule has 3 heterocycles. The van der Waals surface area contributed by atoms with Gasteiger partial charge in [-0.3, -0.25) is 4.79 Å². The van der Waals surface area contributed by atoms with Gasteiger partial charge in [-0.25, -0.2) is 14.4 Å². The van der Waals surface area contributed by atoms with E-state index in [1.54, 1.807) is 17.3 Å². The van der Waals surface area contributed by atoms with Crippen LogP contribution in [0.15, 0.2) is 43.0 Å². The fourth-order valence-corrected chi connectivity index (χ4v) is 2.98. The maximum absolute atomic E-state index is 13.1. The van der Waals surface area contributed by atoms with E-state index in [1.165, 1.54) is 30.6 Å². The highest BCUT2D eigenvalue weighted by Gasteiger charge is 2.22. The Hall–Kier alpha value is -3.36. The van der Waals surface area contributed by atoms with Gasteiger partial charge in [-0.1, -0.05) is 0 Å². The number of amides is 1. The smallest absolute Gasteiger partial charge is 0.253 e. The second-order valence-electron chi connectivity index (χ2n) is 6.10. The molecule has 0 radical (unpaired) electrons. The lowest BCUT2D eigenvalue weighted by Gasteiger charge is -2.20. The van der Waals surface area contributed by atoms with E-state index in [1.807, 2.05) is 4.57 Å². The van der Waals surface area contributed by atoms with E-state index < -0.39 is 0 Å². The van der Waals surface area contributed by atoms with Gasteiger partial charge in [-0.05, 0) is 24.3 Å². The van der Waals surface area contributed by atoms with Gasteiger partial charge in [-0.15, -0.1) is 10.2 Å². The first-order valence-corrected chi connectivity index (χ1v) is 8.54. The zero-order valence-electron chi connectivity index (χ0n) is 14.5. The number of rotatable bonds is 4. The van der Waals surface area contributed by atoms with Crippen LogP contribution in [-0.4, -0.2) is 48.6 Å². The summed E-state index contributed by atoms with van der Waals surface area (Å²) < 4.78 is 20.7. The number of fused-ring (bicyclic) bond motifs is 1. The molecular formula is C18H17FN6O2. The Kier molecular flexibility index (Phi) is 4.73. The molecule has 0 unspecified atom stereocenters. The highest BCUT2D eigenvalue weighted by Crippen LogP contribution is 2.15. The molecule has 8 nitrogen and oxygen atoms in total. The van der Waals surface area contributed by atoms with Crippen molar-refractivity contribution in [2.45, 2.75) is 19.6 Å². The Morgan fingerprint density at radius 1 is 1.07 bits per heavy atom. The third-order valence-electron chi connectivity index (χ3n) is 4.39. The van der Waals surface area contributed by atoms with Gasteiger partial charge in [0, 0.05) is 31.6 Å². The molecule has 1 aliphatic heterocycles. The number of benzene rings is 1. The molecule has 9 heteroatoms. The molecule has 0 aliphatic carbocycles. The first-order chi connectivity index (χ1) is 13.2. The average molecular weight is 368 g/mol. The van der Waals surface area contributed by atoms with E-state index in [2.05, 4.69) is 20.2 Å². The van der Waals surface area contributed by atoms with Crippen molar-refractivity contribution in [3.05, 3.63) is 66.0 Å². The normalized spacial score (nSPS) is 13.7. The third kappa shape index (κ3) is 3.76. The molecule has 1 amide bonds. The molecule has 2 aromatic heterocycles. The highest BCUT2D eigenvalue weighted by molar-refractivity contribution is 5.94. The molecule has 0 saturated heterocycles. The summed E-state index contributed by atoms with van der Waals surface area (Å²) in [5, 5.41) is 8.42. The molecule has 0 atom stereocenters. The van der Waals surface area contributed by atoms with Crippen molar-refractivity contribution in [2.24, 2.45) is 0 Å². The van der Waals surface area contributed by atoms with Gasteiger partial charge in [0.05, 0.1) is 12.4 Å². The van der Waals surface area contributed by atoms with Gasteiger partial charge < -0.3 is 14.2 Å². The minimum atomic E-state index is -0.359. The number of nitrogens with zero attached hydrogens (tertiary/aromatic N) is 6. The van der Waals surface area contributed by atoms with Gasteiger partial charge in [0.15, 0.2) is 11.6 Å². The van der Waals surface area contributed by atoms with Crippen LogP contribution in [0.5, 0.6) is 5.75 Å². The Labute approximate surface area is 154 Å². The monoisotopic (exact) mass is 368 g/mol. The van der Waals surface area contributed by atoms with Crippen molar-refractivity contribution in [2.75, 3.05) is 13.1 Å². The summed E-state index contributed by atoms with van der Waals surface area (Å²) >= 11 is 0. The Morgan fingerprint density at radius 3 is 2.63 bits per heavy atom. The van der Waals surface area contributed by atoms with Crippen molar-refractivity contribution in [1.29, 1.82) is 0 Å². The Morgan fingerprint density at radius 2 is 1.85 bits per heavy atom. The lowest BCUT2D eigenvalue weighted by Crippen LogP contribution is -2.33. The van der Waals surface area contributed by atoms with Gasteiger partial charge in [0.1, 0.15) is 24.6 Å². The largest absolute Gasteiger partial charge is 0.482 e. The van der Waals surface area contributed by atoms with Crippen molar-refractivity contribution in [3.63, 3.8) is 0 Å². The van der Waals surface area contributed by atoms with Crippen molar-refractivity contribution in [1.82, 2.24) is 29.6 Å². The molecule has 0 fully saturated rings. The molecule has 138 valence electrons. The minimum absolute atomic E-state index is 0.118. The summed E-state index contributed by atoms with van der Waals surface area (Å²) in [5.74, 6) is 1.57. The zero-order valence-corrected chi connectivity index (χ0v) is 14.5. The molecule has 1 aromatic carbocycles. The first kappa shape index (κ1) is 17.1. The number of halogens is 1. The number of hydrogen-bond donors (Lipinski definition) is 0. The SMILES string of the molecule is O=C(c1ccc(F)cc1)N1CCc2nnc(COc3cncnc3)n2CC1. The van der Waals surface area contributed by atoms with E-state index >= 15 is 0 Å². The quantitative estimate of drug-likeness (QED) is 0.693. The van der Waals surface area contributed by atoms with Gasteiger partial charge in [0.2, 0.25) is 0 Å². The minimum Gasteiger partial charge on any atom is -0.482 e. The van der Waals surface area contributed by atoms with Gasteiger partial charge in [0.25, 0.3) is 5.91 Å². The number of carbonyl (C=O) groups is 1. The van der Waals surface area contributed by atoms with Crippen molar-refractivity contribution >= 4 is 5.91 Å². The summed E-state index contributed by atoms with van der Waals surface area (Å²) in [5.41, 5.74) is 0.474. The predicted molar refractivity (Wildman–Crippen MR) is 92.4 cm³/mol. The Bertz CT molecular complexity index is 929. The van der Waals surface area contributed by atoms with Crippen LogP contribution in [0, 0.1) is 5.82 Å². The molecule has 1 aliphatic rings. The average Bonchev–Trinajstić information content (AvgIpc) is 2.96. The van der Waals surface area contributed by atoms with Crippen LogP contribution in [0.25, 0.3) is 0 Å². The maximum atomic E-state index is 13.1. The zero-order chi connectivity index (χ0) is 18.6. The number of ether oxygens (including phenoxy) is 1. The molecule has 0 saturated carbocycles. The molecule has 4 rings (SSSR count). The fourth-order valence-electron chi connectivity index (χ4n) is 2.98. The van der Waals surface area contributed by atoms with Crippen LogP contribution < -0.4 is 4.74 Å². The lowest BCUT2D eigenvalue weighted by atomic mass is 10.2. The topological polar surface area (TPSA) is 86.0 Å². The molecule has 0 spiro atoms. The van der Waals surface area contributed by atoms with E-state index in [0.717, 1.165) is 5.82 Å². The van der Waals surface area contributed by atoms with E-state index in [-0.39, 0.29) is 18.3 Å². The molecular weight excluding hydrogens is 351 g/mol. The summed E-state index contributed by atoms with van der Waals surface area (Å²) in [6, 6.07) is 5.60. The maximum Gasteiger partial charge on any atom is 0.253 e. The molecule has 0 bridgehead atoms. The van der Waals surface area contributed by atoms with Crippen LogP contribution in [0.2, 0.25) is 0 Å². The van der Waals surface area contributed by atoms with Crippen LogP contribution in [-0.2, 0) is 19.6 Å². The fraction of sp³-hybridized carbons (Fsp3) is 0.278. The number of aromatic nitrogens is 5. The number of hydrogen-bond acceptors (Lipinski definition) is 6. The Balaban J connectivity index is 1.43. The third-order valence-corrected chi connectivity index (χ3v) is 4.39. The summed E-state index contributed by atoms with van der Waals surface area (Å²) in [4.78, 5) is 22.2. The summed E-state index contributed by atoms with van der Waals surface area (Å²) in [7, 11) is 0. The van der Waals surface area contributed by atoms with Gasteiger partial charge >= 0.3 is 0 Å². The van der Waals surface area contributed by atoms with Crippen molar-refractivity contribution in [3.8, 4) is 5.75 Å². The van der Waals surface area contributed by atoms with Crippen LogP contribution in [0.3, 0.4) is 0 Å². The predicted octanol–water partition coefficient (Wildman–Crippen LogP) is 1.48. The first-order valence-electron chi connectivity index (χ1n) is 8.54. The van der Waals surface area contributed by atoms with Crippen LogP contribution in [0.1, 0.15) is 22.0 Å². The van der Waals surface area contributed by atoms with Crippen molar-refractivity contribution < 1.29 is 13.9 Å². The summed E-state index contributed by atoms with van der Waals surface area (Å²) in [6.07, 6.45) is 5.18. The molecule has 0 N–H and O–H groups in total. The van der Waals surface area contributed by atoms with Gasteiger partial charge in [-0.2, -0.15) is 0 Å². The second kappa shape index (κ2) is 7.48. The van der Waals surface area contributed by atoms with Crippen LogP contribution in [0.4, 0.5) is 4.39 Å². The second-order valence-corrected chi connectivity index (χ2v) is 6.10. The standard InChI is InChI=1S/C18H17FN6O2/c19-14-3-1-13(2-4-14)18(26)24-6-5-16-22-23-17(25(16)8-7-24)11-27-15-9-20-12-21-10-15/h1-4,9-10,12H,5-8,11H2. The lowest BCUT2D eigenvalue weighted by molar-refractivity contribution is 0.0758. The van der Waals surface area contributed by atoms with E-state index in [9.17, 15) is 9.18 Å². The molecule has 3 aromatic rings. The number of carbonyl (C=O) groups excluding carboxylic acids is 1.